The second-order valence-corrected chi connectivity index (χ2v) is 7.91. The Bertz CT molecular complexity index is 619. The Morgan fingerprint density at radius 3 is 2.56 bits per heavy atom. The molecular formula is C18H35N7O2. The van der Waals surface area contributed by atoms with Gasteiger partial charge in [-0.3, -0.25) is 9.67 Å². The molecule has 0 spiro atoms. The number of aromatic nitrogens is 3. The summed E-state index contributed by atoms with van der Waals surface area (Å²) in [5.41, 5.74) is -0.506. The summed E-state index contributed by atoms with van der Waals surface area (Å²) >= 11 is 0. The third kappa shape index (κ3) is 8.27. The van der Waals surface area contributed by atoms with Crippen LogP contribution in [-0.4, -0.2) is 64.0 Å². The van der Waals surface area contributed by atoms with Crippen LogP contribution in [0, 0.1) is 5.92 Å². The summed E-state index contributed by atoms with van der Waals surface area (Å²) < 4.78 is 7.09. The van der Waals surface area contributed by atoms with Crippen molar-refractivity contribution in [2.75, 3.05) is 20.6 Å². The van der Waals surface area contributed by atoms with Crippen LogP contribution in [0.4, 0.5) is 4.79 Å². The van der Waals surface area contributed by atoms with E-state index >= 15 is 0 Å². The van der Waals surface area contributed by atoms with Crippen molar-refractivity contribution in [1.29, 1.82) is 0 Å². The molecule has 1 heterocycles. The highest BCUT2D eigenvalue weighted by molar-refractivity contribution is 5.79. The van der Waals surface area contributed by atoms with Crippen LogP contribution in [0.3, 0.4) is 0 Å². The van der Waals surface area contributed by atoms with E-state index in [0.29, 0.717) is 12.5 Å². The summed E-state index contributed by atoms with van der Waals surface area (Å²) in [5.74, 6) is 1.88. The second kappa shape index (κ2) is 10.1. The summed E-state index contributed by atoms with van der Waals surface area (Å²) in [7, 11) is 5.57. The Morgan fingerprint density at radius 1 is 1.41 bits per heavy atom. The van der Waals surface area contributed by atoms with Crippen molar-refractivity contribution in [3.63, 3.8) is 0 Å². The second-order valence-electron chi connectivity index (χ2n) is 7.91. The van der Waals surface area contributed by atoms with Crippen molar-refractivity contribution in [2.24, 2.45) is 18.0 Å². The van der Waals surface area contributed by atoms with Crippen LogP contribution in [0.15, 0.2) is 11.3 Å². The standard InChI is InChI=1S/C18H35N7O2/c1-13(2)14(23-17(26)27-18(3,4)5)9-10-24(7)16(19-6)20-11-15-21-12-22-25(15)8/h12-14H,9-11H2,1-8H3,(H,19,20)(H,23,26). The van der Waals surface area contributed by atoms with Crippen LogP contribution in [-0.2, 0) is 18.3 Å². The molecule has 1 aromatic heterocycles. The van der Waals surface area contributed by atoms with Gasteiger partial charge < -0.3 is 20.3 Å². The molecule has 9 nitrogen and oxygen atoms in total. The van der Waals surface area contributed by atoms with E-state index in [9.17, 15) is 4.79 Å². The summed E-state index contributed by atoms with van der Waals surface area (Å²) in [6.07, 6.45) is 1.92. The Kier molecular flexibility index (Phi) is 8.52. The Hall–Kier alpha value is -2.32. The molecule has 1 aromatic rings. The van der Waals surface area contributed by atoms with E-state index < -0.39 is 5.60 Å². The van der Waals surface area contributed by atoms with Gasteiger partial charge in [0.15, 0.2) is 5.96 Å². The first-order valence-corrected chi connectivity index (χ1v) is 9.27. The van der Waals surface area contributed by atoms with Gasteiger partial charge in [-0.2, -0.15) is 5.10 Å². The Balaban J connectivity index is 2.55. The number of ether oxygens (including phenoxy) is 1. The van der Waals surface area contributed by atoms with E-state index in [1.807, 2.05) is 39.8 Å². The highest BCUT2D eigenvalue weighted by Crippen LogP contribution is 2.11. The molecule has 0 aliphatic heterocycles. The van der Waals surface area contributed by atoms with Crippen molar-refractivity contribution in [3.8, 4) is 0 Å². The van der Waals surface area contributed by atoms with Crippen LogP contribution < -0.4 is 10.6 Å². The summed E-state index contributed by atoms with van der Waals surface area (Å²) in [4.78, 5) is 22.6. The minimum Gasteiger partial charge on any atom is -0.444 e. The van der Waals surface area contributed by atoms with Gasteiger partial charge in [0.2, 0.25) is 0 Å². The number of aliphatic imine (C=N–C) groups is 1. The zero-order valence-electron chi connectivity index (χ0n) is 17.9. The molecule has 0 saturated heterocycles. The minimum atomic E-state index is -0.506. The van der Waals surface area contributed by atoms with Gasteiger partial charge >= 0.3 is 6.09 Å². The van der Waals surface area contributed by atoms with E-state index in [-0.39, 0.29) is 12.1 Å². The molecule has 0 fully saturated rings. The zero-order chi connectivity index (χ0) is 20.6. The first-order valence-electron chi connectivity index (χ1n) is 9.27. The number of guanidine groups is 1. The molecule has 1 atom stereocenters. The number of carbonyl (C=O) groups is 1. The van der Waals surface area contributed by atoms with Crippen LogP contribution in [0.2, 0.25) is 0 Å². The smallest absolute Gasteiger partial charge is 0.407 e. The third-order valence-corrected chi connectivity index (χ3v) is 4.07. The summed E-state index contributed by atoms with van der Waals surface area (Å²) in [6.45, 7) is 11.0. The molecule has 2 N–H and O–H groups in total. The lowest BCUT2D eigenvalue weighted by atomic mass is 10.0. The maximum atomic E-state index is 12.1. The average Bonchev–Trinajstić information content (AvgIpc) is 2.95. The number of nitrogens with one attached hydrogen (secondary N) is 2. The first kappa shape index (κ1) is 22.7. The molecular weight excluding hydrogens is 346 g/mol. The molecule has 0 bridgehead atoms. The van der Waals surface area contributed by atoms with Crippen molar-refractivity contribution in [1.82, 2.24) is 30.3 Å². The fraction of sp³-hybridized carbons (Fsp3) is 0.778. The lowest BCUT2D eigenvalue weighted by Gasteiger charge is -2.28. The third-order valence-electron chi connectivity index (χ3n) is 4.07. The Morgan fingerprint density at radius 2 is 2.07 bits per heavy atom. The number of hydrogen-bond acceptors (Lipinski definition) is 5. The van der Waals surface area contributed by atoms with E-state index in [0.717, 1.165) is 24.7 Å². The van der Waals surface area contributed by atoms with E-state index in [2.05, 4.69) is 39.6 Å². The molecule has 1 amide bonds. The molecule has 0 aliphatic rings. The zero-order valence-corrected chi connectivity index (χ0v) is 17.9. The molecule has 0 radical (unpaired) electrons. The SMILES string of the molecule is CN=C(NCc1ncnn1C)N(C)CCC(NC(=O)OC(C)(C)C)C(C)C. The number of alkyl carbamates (subject to hydrolysis) is 1. The number of nitrogens with zero attached hydrogens (tertiary/aromatic N) is 5. The van der Waals surface area contributed by atoms with E-state index in [4.69, 9.17) is 4.74 Å². The van der Waals surface area contributed by atoms with E-state index in [1.165, 1.54) is 6.33 Å². The molecule has 1 unspecified atom stereocenters. The molecule has 1 rings (SSSR count). The topological polar surface area (TPSA) is 96.7 Å². The van der Waals surface area contributed by atoms with Crippen molar-refractivity contribution < 1.29 is 9.53 Å². The van der Waals surface area contributed by atoms with Gasteiger partial charge in [0.1, 0.15) is 17.8 Å². The summed E-state index contributed by atoms with van der Waals surface area (Å²) in [5, 5.41) is 10.3. The lowest BCUT2D eigenvalue weighted by Crippen LogP contribution is -2.45. The first-order chi connectivity index (χ1) is 12.5. The maximum Gasteiger partial charge on any atom is 0.407 e. The van der Waals surface area contributed by atoms with Crippen LogP contribution >= 0.6 is 0 Å². The normalized spacial score (nSPS) is 13.4. The number of amides is 1. The molecule has 27 heavy (non-hydrogen) atoms. The maximum absolute atomic E-state index is 12.1. The Labute approximate surface area is 162 Å². The van der Waals surface area contributed by atoms with Gasteiger partial charge in [-0.1, -0.05) is 13.8 Å². The number of rotatable bonds is 7. The van der Waals surface area contributed by atoms with Gasteiger partial charge in [0.05, 0.1) is 6.54 Å². The number of hydrogen-bond donors (Lipinski definition) is 2. The van der Waals surface area contributed by atoms with Gasteiger partial charge in [-0.25, -0.2) is 9.78 Å². The highest BCUT2D eigenvalue weighted by Gasteiger charge is 2.22. The molecule has 9 heteroatoms. The van der Waals surface area contributed by atoms with Crippen molar-refractivity contribution in [3.05, 3.63) is 12.2 Å². The summed E-state index contributed by atoms with van der Waals surface area (Å²) in [6, 6.07) is 0.0131. The largest absolute Gasteiger partial charge is 0.444 e. The minimum absolute atomic E-state index is 0.0131. The van der Waals surface area contributed by atoms with Crippen molar-refractivity contribution in [2.45, 2.75) is 59.2 Å². The van der Waals surface area contributed by atoms with Crippen LogP contribution in [0.5, 0.6) is 0 Å². The van der Waals surface area contributed by atoms with Crippen LogP contribution in [0.25, 0.3) is 0 Å². The molecule has 154 valence electrons. The predicted molar refractivity (Wildman–Crippen MR) is 106 cm³/mol. The predicted octanol–water partition coefficient (Wildman–Crippen LogP) is 1.76. The van der Waals surface area contributed by atoms with Gasteiger partial charge in [-0.15, -0.1) is 0 Å². The number of carbonyl (C=O) groups excluding carboxylic acids is 1. The van der Waals surface area contributed by atoms with E-state index in [1.54, 1.807) is 11.7 Å². The fourth-order valence-electron chi connectivity index (χ4n) is 2.49. The lowest BCUT2D eigenvalue weighted by molar-refractivity contribution is 0.0486. The van der Waals surface area contributed by atoms with Gasteiger partial charge in [0, 0.05) is 33.7 Å². The quantitative estimate of drug-likeness (QED) is 0.552. The van der Waals surface area contributed by atoms with Crippen molar-refractivity contribution >= 4 is 12.1 Å². The van der Waals surface area contributed by atoms with Gasteiger partial charge in [-0.05, 0) is 33.1 Å². The monoisotopic (exact) mass is 381 g/mol. The fourth-order valence-corrected chi connectivity index (χ4v) is 2.49. The molecule has 0 aromatic carbocycles. The number of aryl methyl sites for hydroxylation is 1. The van der Waals surface area contributed by atoms with Crippen LogP contribution in [0.1, 0.15) is 46.9 Å². The molecule has 0 saturated carbocycles. The highest BCUT2D eigenvalue weighted by atomic mass is 16.6. The van der Waals surface area contributed by atoms with Gasteiger partial charge in [0.25, 0.3) is 0 Å². The molecule has 0 aliphatic carbocycles. The average molecular weight is 382 g/mol.